The molecular formula is C10H16N2O5. The van der Waals surface area contributed by atoms with Gasteiger partial charge in [0.2, 0.25) is 5.91 Å². The molecule has 1 rings (SSSR count). The van der Waals surface area contributed by atoms with Crippen LogP contribution < -0.4 is 5.32 Å². The van der Waals surface area contributed by atoms with Crippen LogP contribution in [0.2, 0.25) is 0 Å². The first-order valence-electron chi connectivity index (χ1n) is 5.37. The summed E-state index contributed by atoms with van der Waals surface area (Å²) >= 11 is 0. The molecule has 0 aromatic carbocycles. The van der Waals surface area contributed by atoms with Crippen LogP contribution in [0.3, 0.4) is 0 Å². The van der Waals surface area contributed by atoms with Crippen molar-refractivity contribution in [3.63, 3.8) is 0 Å². The number of carbonyl (C=O) groups is 3. The molecule has 1 aliphatic rings. The summed E-state index contributed by atoms with van der Waals surface area (Å²) in [6, 6.07) is -0.115. The highest BCUT2D eigenvalue weighted by Crippen LogP contribution is 2.11. The molecule has 0 aromatic rings. The topological polar surface area (TPSA) is 95.9 Å². The number of carboxylic acid groups (broad SMARTS) is 1. The third-order valence-corrected chi connectivity index (χ3v) is 2.60. The van der Waals surface area contributed by atoms with Crippen LogP contribution in [0.15, 0.2) is 0 Å². The Morgan fingerprint density at radius 2 is 2.12 bits per heavy atom. The minimum atomic E-state index is -0.984. The standard InChI is InChI=1S/C10H16N2O5/c1-17-10(16)11-7-4-5-12(6-7)8(13)2-3-9(14)15/h7H,2-6H2,1H3,(H,11,16)(H,14,15). The van der Waals surface area contributed by atoms with Crippen LogP contribution in [-0.2, 0) is 14.3 Å². The molecule has 0 aliphatic carbocycles. The zero-order valence-corrected chi connectivity index (χ0v) is 9.64. The molecule has 7 heteroatoms. The number of alkyl carbamates (subject to hydrolysis) is 1. The van der Waals surface area contributed by atoms with Gasteiger partial charge in [-0.15, -0.1) is 0 Å². The van der Waals surface area contributed by atoms with E-state index in [4.69, 9.17) is 5.11 Å². The summed E-state index contributed by atoms with van der Waals surface area (Å²) in [5.41, 5.74) is 0. The van der Waals surface area contributed by atoms with Gasteiger partial charge in [-0.05, 0) is 6.42 Å². The molecule has 1 atom stereocenters. The lowest BCUT2D eigenvalue weighted by molar-refractivity contribution is -0.140. The molecular weight excluding hydrogens is 228 g/mol. The number of carboxylic acids is 1. The summed E-state index contributed by atoms with van der Waals surface area (Å²) in [7, 11) is 1.28. The summed E-state index contributed by atoms with van der Waals surface area (Å²) in [6.07, 6.45) is -0.0200. The molecule has 0 radical (unpaired) electrons. The van der Waals surface area contributed by atoms with Gasteiger partial charge in [0, 0.05) is 19.5 Å². The first kappa shape index (κ1) is 13.3. The second-order valence-corrected chi connectivity index (χ2v) is 3.86. The number of nitrogens with one attached hydrogen (secondary N) is 1. The van der Waals surface area contributed by atoms with Gasteiger partial charge in [-0.2, -0.15) is 0 Å². The van der Waals surface area contributed by atoms with E-state index >= 15 is 0 Å². The lowest BCUT2D eigenvalue weighted by atomic mass is 10.3. The van der Waals surface area contributed by atoms with Gasteiger partial charge in [-0.25, -0.2) is 4.79 Å². The number of ether oxygens (including phenoxy) is 1. The largest absolute Gasteiger partial charge is 0.481 e. The molecule has 2 N–H and O–H groups in total. The summed E-state index contributed by atoms with van der Waals surface area (Å²) in [6.45, 7) is 0.945. The number of likely N-dealkylation sites (tertiary alicyclic amines) is 1. The molecule has 1 unspecified atom stereocenters. The highest BCUT2D eigenvalue weighted by atomic mass is 16.5. The van der Waals surface area contributed by atoms with Gasteiger partial charge in [0.15, 0.2) is 0 Å². The highest BCUT2D eigenvalue weighted by Gasteiger charge is 2.27. The van der Waals surface area contributed by atoms with E-state index in [0.29, 0.717) is 19.5 Å². The van der Waals surface area contributed by atoms with Gasteiger partial charge in [0.1, 0.15) is 0 Å². The van der Waals surface area contributed by atoms with Gasteiger partial charge in [0.25, 0.3) is 0 Å². The average Bonchev–Trinajstić information content (AvgIpc) is 2.74. The van der Waals surface area contributed by atoms with Gasteiger partial charge < -0.3 is 20.1 Å². The molecule has 0 spiro atoms. The summed E-state index contributed by atoms with van der Waals surface area (Å²) in [4.78, 5) is 34.4. The minimum Gasteiger partial charge on any atom is -0.481 e. The molecule has 1 saturated heterocycles. The lowest BCUT2D eigenvalue weighted by Crippen LogP contribution is -2.38. The molecule has 0 saturated carbocycles. The summed E-state index contributed by atoms with van der Waals surface area (Å²) in [5.74, 6) is -1.18. The molecule has 17 heavy (non-hydrogen) atoms. The number of rotatable bonds is 4. The Morgan fingerprint density at radius 1 is 1.41 bits per heavy atom. The molecule has 1 heterocycles. The van der Waals surface area contributed by atoms with Crippen molar-refractivity contribution in [2.24, 2.45) is 0 Å². The van der Waals surface area contributed by atoms with Crippen LogP contribution >= 0.6 is 0 Å². The predicted molar refractivity (Wildman–Crippen MR) is 57.4 cm³/mol. The lowest BCUT2D eigenvalue weighted by Gasteiger charge is -2.16. The first-order chi connectivity index (χ1) is 8.02. The third kappa shape index (κ3) is 4.29. The fraction of sp³-hybridized carbons (Fsp3) is 0.700. The van der Waals surface area contributed by atoms with E-state index < -0.39 is 12.1 Å². The second kappa shape index (κ2) is 6.07. The van der Waals surface area contributed by atoms with Crippen molar-refractivity contribution >= 4 is 18.0 Å². The minimum absolute atomic E-state index is 0.000275. The van der Waals surface area contributed by atoms with E-state index in [1.54, 1.807) is 4.90 Å². The van der Waals surface area contributed by atoms with Gasteiger partial charge in [0.05, 0.1) is 19.6 Å². The van der Waals surface area contributed by atoms with Crippen molar-refractivity contribution < 1.29 is 24.2 Å². The van der Waals surface area contributed by atoms with Crippen LogP contribution in [0.25, 0.3) is 0 Å². The Morgan fingerprint density at radius 3 is 2.71 bits per heavy atom. The van der Waals surface area contributed by atoms with Gasteiger partial charge >= 0.3 is 12.1 Å². The molecule has 0 aromatic heterocycles. The van der Waals surface area contributed by atoms with E-state index in [9.17, 15) is 14.4 Å². The predicted octanol–water partition coefficient (Wildman–Crippen LogP) is -0.192. The van der Waals surface area contributed by atoms with E-state index in [1.165, 1.54) is 7.11 Å². The zero-order valence-electron chi connectivity index (χ0n) is 9.64. The highest BCUT2D eigenvalue weighted by molar-refractivity contribution is 5.81. The molecule has 0 bridgehead atoms. The maximum atomic E-state index is 11.6. The van der Waals surface area contributed by atoms with Crippen LogP contribution in [0.1, 0.15) is 19.3 Å². The first-order valence-corrected chi connectivity index (χ1v) is 5.37. The number of hydrogen-bond acceptors (Lipinski definition) is 4. The van der Waals surface area contributed by atoms with Crippen LogP contribution in [-0.4, -0.2) is 54.2 Å². The number of aliphatic carboxylic acids is 1. The van der Waals surface area contributed by atoms with E-state index in [0.717, 1.165) is 0 Å². The van der Waals surface area contributed by atoms with E-state index in [1.807, 2.05) is 0 Å². The van der Waals surface area contributed by atoms with Crippen LogP contribution in [0, 0.1) is 0 Å². The fourth-order valence-corrected chi connectivity index (χ4v) is 1.70. The van der Waals surface area contributed by atoms with Crippen molar-refractivity contribution in [2.75, 3.05) is 20.2 Å². The van der Waals surface area contributed by atoms with Crippen molar-refractivity contribution in [3.8, 4) is 0 Å². The summed E-state index contributed by atoms with van der Waals surface area (Å²) < 4.78 is 4.46. The van der Waals surface area contributed by atoms with Crippen molar-refractivity contribution in [3.05, 3.63) is 0 Å². The number of nitrogens with zero attached hydrogens (tertiary/aromatic N) is 1. The Balaban J connectivity index is 2.31. The maximum Gasteiger partial charge on any atom is 0.407 e. The zero-order chi connectivity index (χ0) is 12.8. The monoisotopic (exact) mass is 244 g/mol. The SMILES string of the molecule is COC(=O)NC1CCN(C(=O)CCC(=O)O)C1. The molecule has 1 aliphatic heterocycles. The summed E-state index contributed by atoms with van der Waals surface area (Å²) in [5, 5.41) is 11.1. The quantitative estimate of drug-likeness (QED) is 0.714. The normalized spacial score (nSPS) is 18.9. The van der Waals surface area contributed by atoms with Crippen LogP contribution in [0.5, 0.6) is 0 Å². The van der Waals surface area contributed by atoms with Gasteiger partial charge in [-0.3, -0.25) is 9.59 Å². The molecule has 7 nitrogen and oxygen atoms in total. The van der Waals surface area contributed by atoms with Crippen molar-refractivity contribution in [1.29, 1.82) is 0 Å². The van der Waals surface area contributed by atoms with Gasteiger partial charge in [-0.1, -0.05) is 0 Å². The molecule has 1 fully saturated rings. The average molecular weight is 244 g/mol. The Hall–Kier alpha value is -1.79. The Labute approximate surface area is 98.7 Å². The molecule has 2 amide bonds. The number of carbonyl (C=O) groups excluding carboxylic acids is 2. The number of amides is 2. The Kier molecular flexibility index (Phi) is 4.74. The maximum absolute atomic E-state index is 11.6. The Bertz CT molecular complexity index is 318. The molecule has 96 valence electrons. The number of hydrogen-bond donors (Lipinski definition) is 2. The van der Waals surface area contributed by atoms with Crippen molar-refractivity contribution in [1.82, 2.24) is 10.2 Å². The van der Waals surface area contributed by atoms with Crippen LogP contribution in [0.4, 0.5) is 4.79 Å². The smallest absolute Gasteiger partial charge is 0.407 e. The fourth-order valence-electron chi connectivity index (χ4n) is 1.70. The number of methoxy groups -OCH3 is 1. The van der Waals surface area contributed by atoms with Crippen molar-refractivity contribution in [2.45, 2.75) is 25.3 Å². The second-order valence-electron chi connectivity index (χ2n) is 3.86. The van der Waals surface area contributed by atoms with E-state index in [-0.39, 0.29) is 24.8 Å². The third-order valence-electron chi connectivity index (χ3n) is 2.60. The van der Waals surface area contributed by atoms with E-state index in [2.05, 4.69) is 10.1 Å².